The average molecular weight is 919 g/mol. The van der Waals surface area contributed by atoms with E-state index in [1.165, 1.54) is 109 Å². The van der Waals surface area contributed by atoms with Crippen LogP contribution in [0.5, 0.6) is 0 Å². The minimum absolute atomic E-state index is 0.0865. The van der Waals surface area contributed by atoms with E-state index in [0.717, 1.165) is 109 Å². The van der Waals surface area contributed by atoms with Gasteiger partial charge in [0.1, 0.15) is 13.2 Å². The summed E-state index contributed by atoms with van der Waals surface area (Å²) in [5, 5.41) is 0. The smallest absolute Gasteiger partial charge is 0.306 e. The largest absolute Gasteiger partial charge is 0.462 e. The van der Waals surface area contributed by atoms with Gasteiger partial charge in [0.05, 0.1) is 0 Å². The van der Waals surface area contributed by atoms with Gasteiger partial charge in [-0.15, -0.1) is 0 Å². The molecule has 0 radical (unpaired) electrons. The molecule has 0 N–H and O–H groups in total. The molecule has 66 heavy (non-hydrogen) atoms. The summed E-state index contributed by atoms with van der Waals surface area (Å²) in [5.41, 5.74) is 0. The fourth-order valence-electron chi connectivity index (χ4n) is 7.57. The first-order valence-corrected chi connectivity index (χ1v) is 27.6. The molecule has 0 saturated carbocycles. The second kappa shape index (κ2) is 54.2. The van der Waals surface area contributed by atoms with Gasteiger partial charge < -0.3 is 14.2 Å². The zero-order valence-electron chi connectivity index (χ0n) is 43.2. The van der Waals surface area contributed by atoms with Gasteiger partial charge in [0.2, 0.25) is 0 Å². The first kappa shape index (κ1) is 62.6. The molecule has 0 aliphatic rings. The van der Waals surface area contributed by atoms with Gasteiger partial charge in [0.15, 0.2) is 6.10 Å². The Morgan fingerprint density at radius 1 is 0.318 bits per heavy atom. The number of allylic oxidation sites excluding steroid dienone is 14. The van der Waals surface area contributed by atoms with Crippen molar-refractivity contribution >= 4 is 17.9 Å². The van der Waals surface area contributed by atoms with Crippen LogP contribution in [0.15, 0.2) is 85.1 Å². The van der Waals surface area contributed by atoms with Crippen LogP contribution in [0, 0.1) is 0 Å². The molecule has 6 heteroatoms. The van der Waals surface area contributed by atoms with E-state index in [1.807, 2.05) is 0 Å². The summed E-state index contributed by atoms with van der Waals surface area (Å²) in [5.74, 6) is -0.924. The predicted octanol–water partition coefficient (Wildman–Crippen LogP) is 18.4. The molecule has 6 nitrogen and oxygen atoms in total. The summed E-state index contributed by atoms with van der Waals surface area (Å²) < 4.78 is 16.7. The summed E-state index contributed by atoms with van der Waals surface area (Å²) in [6.07, 6.45) is 70.5. The third kappa shape index (κ3) is 51.6. The Morgan fingerprint density at radius 3 is 0.939 bits per heavy atom. The highest BCUT2D eigenvalue weighted by molar-refractivity contribution is 5.71. The third-order valence-corrected chi connectivity index (χ3v) is 11.6. The van der Waals surface area contributed by atoms with E-state index < -0.39 is 6.10 Å². The molecule has 0 aromatic heterocycles. The normalized spacial score (nSPS) is 12.7. The van der Waals surface area contributed by atoms with Gasteiger partial charge in [-0.1, -0.05) is 234 Å². The lowest BCUT2D eigenvalue weighted by atomic mass is 10.0. The maximum atomic E-state index is 12.7. The van der Waals surface area contributed by atoms with Crippen molar-refractivity contribution in [2.75, 3.05) is 13.2 Å². The van der Waals surface area contributed by atoms with Crippen molar-refractivity contribution in [1.82, 2.24) is 0 Å². The lowest BCUT2D eigenvalue weighted by Gasteiger charge is -2.18. The van der Waals surface area contributed by atoms with Gasteiger partial charge in [-0.3, -0.25) is 14.4 Å². The summed E-state index contributed by atoms with van der Waals surface area (Å²) >= 11 is 0. The topological polar surface area (TPSA) is 78.9 Å². The summed E-state index contributed by atoms with van der Waals surface area (Å²) in [6, 6.07) is 0. The highest BCUT2D eigenvalue weighted by atomic mass is 16.6. The van der Waals surface area contributed by atoms with E-state index in [0.29, 0.717) is 19.3 Å². The van der Waals surface area contributed by atoms with Gasteiger partial charge >= 0.3 is 17.9 Å². The molecule has 0 saturated heterocycles. The van der Waals surface area contributed by atoms with E-state index in [4.69, 9.17) is 14.2 Å². The van der Waals surface area contributed by atoms with Crippen LogP contribution in [0.3, 0.4) is 0 Å². The van der Waals surface area contributed by atoms with E-state index in [1.54, 1.807) is 0 Å². The average Bonchev–Trinajstić information content (AvgIpc) is 3.31. The number of rotatable bonds is 49. The molecule has 0 aromatic rings. The molecule has 378 valence electrons. The van der Waals surface area contributed by atoms with Crippen LogP contribution < -0.4 is 0 Å². The van der Waals surface area contributed by atoms with Crippen LogP contribution >= 0.6 is 0 Å². The maximum absolute atomic E-state index is 12.7. The third-order valence-electron chi connectivity index (χ3n) is 11.6. The summed E-state index contributed by atoms with van der Waals surface area (Å²) in [7, 11) is 0. The molecule has 0 amide bonds. The van der Waals surface area contributed by atoms with Gasteiger partial charge in [0.25, 0.3) is 0 Å². The fraction of sp³-hybridized carbons (Fsp3) is 0.717. The maximum Gasteiger partial charge on any atom is 0.306 e. The lowest BCUT2D eigenvalue weighted by Crippen LogP contribution is -2.30. The van der Waals surface area contributed by atoms with E-state index in [2.05, 4.69) is 106 Å². The van der Waals surface area contributed by atoms with E-state index in [9.17, 15) is 14.4 Å². The van der Waals surface area contributed by atoms with Crippen molar-refractivity contribution in [2.45, 2.75) is 264 Å². The number of hydrogen-bond acceptors (Lipinski definition) is 6. The molecular formula is C60H102O6. The number of unbranched alkanes of at least 4 members (excludes halogenated alkanes) is 24. The number of carbonyl (C=O) groups excluding carboxylic acids is 3. The van der Waals surface area contributed by atoms with Crippen molar-refractivity contribution in [1.29, 1.82) is 0 Å². The van der Waals surface area contributed by atoms with Gasteiger partial charge in [-0.2, -0.15) is 0 Å². The van der Waals surface area contributed by atoms with E-state index in [-0.39, 0.29) is 31.1 Å². The van der Waals surface area contributed by atoms with Crippen LogP contribution in [-0.2, 0) is 28.6 Å². The minimum Gasteiger partial charge on any atom is -0.462 e. The highest BCUT2D eigenvalue weighted by Crippen LogP contribution is 2.16. The minimum atomic E-state index is -0.786. The first-order valence-electron chi connectivity index (χ1n) is 27.6. The van der Waals surface area contributed by atoms with Crippen LogP contribution in [0.25, 0.3) is 0 Å². The number of esters is 3. The quantitative estimate of drug-likeness (QED) is 0.0262. The molecule has 1 atom stereocenters. The molecule has 0 aromatic carbocycles. The van der Waals surface area contributed by atoms with Crippen molar-refractivity contribution < 1.29 is 28.6 Å². The molecule has 0 bridgehead atoms. The second-order valence-electron chi connectivity index (χ2n) is 18.1. The van der Waals surface area contributed by atoms with Gasteiger partial charge in [0, 0.05) is 19.3 Å². The first-order chi connectivity index (χ1) is 32.5. The van der Waals surface area contributed by atoms with Crippen molar-refractivity contribution in [3.63, 3.8) is 0 Å². The molecule has 0 fully saturated rings. The second-order valence-corrected chi connectivity index (χ2v) is 18.1. The fourth-order valence-corrected chi connectivity index (χ4v) is 7.57. The molecule has 0 spiro atoms. The van der Waals surface area contributed by atoms with Crippen LogP contribution in [0.2, 0.25) is 0 Å². The zero-order valence-corrected chi connectivity index (χ0v) is 43.2. The van der Waals surface area contributed by atoms with Gasteiger partial charge in [-0.25, -0.2) is 0 Å². The van der Waals surface area contributed by atoms with Crippen LogP contribution in [0.1, 0.15) is 258 Å². The molecule has 0 heterocycles. The Kier molecular flexibility index (Phi) is 51.4. The Morgan fingerprint density at radius 2 is 0.591 bits per heavy atom. The molecule has 0 aliphatic carbocycles. The van der Waals surface area contributed by atoms with Crippen LogP contribution in [-0.4, -0.2) is 37.2 Å². The van der Waals surface area contributed by atoms with E-state index >= 15 is 0 Å². The molecular weight excluding hydrogens is 817 g/mol. The van der Waals surface area contributed by atoms with Gasteiger partial charge in [-0.05, 0) is 89.9 Å². The molecule has 0 aliphatic heterocycles. The Hall–Kier alpha value is -3.41. The Labute approximate surface area is 407 Å². The van der Waals surface area contributed by atoms with Crippen LogP contribution in [0.4, 0.5) is 0 Å². The Bertz CT molecular complexity index is 1290. The monoisotopic (exact) mass is 919 g/mol. The predicted molar refractivity (Wildman–Crippen MR) is 284 cm³/mol. The van der Waals surface area contributed by atoms with Crippen molar-refractivity contribution in [3.05, 3.63) is 85.1 Å². The zero-order chi connectivity index (χ0) is 47.9. The lowest BCUT2D eigenvalue weighted by molar-refractivity contribution is -0.167. The number of carbonyl (C=O) groups is 3. The summed E-state index contributed by atoms with van der Waals surface area (Å²) in [4.78, 5) is 37.7. The standard InChI is InChI=1S/C60H102O6/c1-4-7-10-13-16-18-20-22-23-24-25-26-27-28-29-30-31-32-33-34-35-36-37-39-40-42-44-47-50-53-59(62)65-56-57(55-64-58(61)52-49-46-15-12-9-6-3)66-60(63)54-51-48-45-43-41-38-21-19-17-14-11-8-5-2/h7-8,10-11,16-19,22-23,25-26,38,41,57H,4-6,9,12-15,20-21,24,27-37,39-40,42-56H2,1-3H3/b10-7-,11-8-,18-16-,19-17-,23-22-,26-25-,41-38-. The summed E-state index contributed by atoms with van der Waals surface area (Å²) in [6.45, 7) is 6.33. The SMILES string of the molecule is CC/C=C\C/C=C\C/C=C\C/C=C\CCCCCCCCCCCCCCCCCCC(=O)OCC(COC(=O)CCCCCCCC)OC(=O)CCCCC/C=C\C/C=C\C/C=C\CC. The molecule has 1 unspecified atom stereocenters. The van der Waals surface area contributed by atoms with Crippen molar-refractivity contribution in [2.24, 2.45) is 0 Å². The molecule has 0 rings (SSSR count). The highest BCUT2D eigenvalue weighted by Gasteiger charge is 2.19. The van der Waals surface area contributed by atoms with Crippen molar-refractivity contribution in [3.8, 4) is 0 Å². The number of hydrogen-bond donors (Lipinski definition) is 0. The Balaban J connectivity index is 4.04. The number of ether oxygens (including phenoxy) is 3.